The van der Waals surface area contributed by atoms with Crippen LogP contribution in [0.5, 0.6) is 0 Å². The molecule has 5 heteroatoms. The second kappa shape index (κ2) is 7.28. The van der Waals surface area contributed by atoms with E-state index in [9.17, 15) is 4.79 Å². The number of H-pyrrole nitrogens is 1. The molecule has 0 spiro atoms. The Morgan fingerprint density at radius 1 is 1.42 bits per heavy atom. The number of aromatic amines is 1. The molecule has 0 saturated heterocycles. The van der Waals surface area contributed by atoms with Crippen LogP contribution >= 0.6 is 0 Å². The van der Waals surface area contributed by atoms with Gasteiger partial charge in [0.1, 0.15) is 5.82 Å². The van der Waals surface area contributed by atoms with E-state index < -0.39 is 5.41 Å². The van der Waals surface area contributed by atoms with Crippen LogP contribution in [0, 0.1) is 5.41 Å². The number of amides is 1. The molecule has 0 unspecified atom stereocenters. The van der Waals surface area contributed by atoms with Gasteiger partial charge in [-0.2, -0.15) is 0 Å². The fraction of sp³-hybridized carbons (Fsp3) is 0.714. The molecule has 3 N–H and O–H groups in total. The summed E-state index contributed by atoms with van der Waals surface area (Å²) in [5, 5.41) is 0. The molecule has 1 heterocycles. The summed E-state index contributed by atoms with van der Waals surface area (Å²) in [5.41, 5.74) is 5.51. The maximum Gasteiger partial charge on any atom is 0.230 e. The minimum Gasteiger partial charge on any atom is -0.347 e. The number of rotatable bonds is 8. The summed E-state index contributed by atoms with van der Waals surface area (Å²) in [5.74, 6) is 0.935. The standard InChI is InChI=1S/C14H26N4O/c1-4-6-14(11-15,7-5-2)13(19)18(3)10-12-16-8-9-17-12/h8-9H,4-7,10-11,15H2,1-3H3,(H,16,17). The minimum absolute atomic E-state index is 0.134. The summed E-state index contributed by atoms with van der Waals surface area (Å²) < 4.78 is 0. The third-order valence-corrected chi connectivity index (χ3v) is 3.59. The average Bonchev–Trinajstić information content (AvgIpc) is 2.90. The third kappa shape index (κ3) is 3.80. The predicted octanol–water partition coefficient (Wildman–Crippen LogP) is 1.91. The van der Waals surface area contributed by atoms with Gasteiger partial charge in [0.05, 0.1) is 12.0 Å². The minimum atomic E-state index is -0.412. The molecule has 0 aromatic carbocycles. The summed E-state index contributed by atoms with van der Waals surface area (Å²) in [6.45, 7) is 5.11. The van der Waals surface area contributed by atoms with Crippen molar-refractivity contribution >= 4 is 5.91 Å². The van der Waals surface area contributed by atoms with Crippen LogP contribution in [0.2, 0.25) is 0 Å². The lowest BCUT2D eigenvalue weighted by atomic mass is 9.78. The van der Waals surface area contributed by atoms with E-state index in [2.05, 4.69) is 23.8 Å². The molecule has 108 valence electrons. The summed E-state index contributed by atoms with van der Waals surface area (Å²) in [7, 11) is 1.82. The van der Waals surface area contributed by atoms with Gasteiger partial charge in [-0.1, -0.05) is 26.7 Å². The smallest absolute Gasteiger partial charge is 0.230 e. The molecule has 5 nitrogen and oxygen atoms in total. The predicted molar refractivity (Wildman–Crippen MR) is 76.4 cm³/mol. The van der Waals surface area contributed by atoms with Crippen LogP contribution in [-0.4, -0.2) is 34.4 Å². The Morgan fingerprint density at radius 3 is 2.47 bits per heavy atom. The number of nitrogens with two attached hydrogens (primary N) is 1. The van der Waals surface area contributed by atoms with Gasteiger partial charge in [0.25, 0.3) is 0 Å². The van der Waals surface area contributed by atoms with Crippen molar-refractivity contribution in [1.82, 2.24) is 14.9 Å². The van der Waals surface area contributed by atoms with Crippen LogP contribution in [0.15, 0.2) is 12.4 Å². The van der Waals surface area contributed by atoms with Crippen molar-refractivity contribution in [3.63, 3.8) is 0 Å². The van der Waals surface area contributed by atoms with Gasteiger partial charge < -0.3 is 15.6 Å². The fourth-order valence-electron chi connectivity index (χ4n) is 2.67. The first kappa shape index (κ1) is 15.7. The van der Waals surface area contributed by atoms with Gasteiger partial charge >= 0.3 is 0 Å². The fourth-order valence-corrected chi connectivity index (χ4v) is 2.67. The molecule has 1 amide bonds. The van der Waals surface area contributed by atoms with E-state index in [-0.39, 0.29) is 5.91 Å². The summed E-state index contributed by atoms with van der Waals surface area (Å²) in [6.07, 6.45) is 7.09. The molecule has 1 aromatic heterocycles. The molecular weight excluding hydrogens is 240 g/mol. The maximum atomic E-state index is 12.7. The first-order valence-electron chi connectivity index (χ1n) is 7.03. The molecule has 1 rings (SSSR count). The van der Waals surface area contributed by atoms with E-state index in [0.29, 0.717) is 13.1 Å². The van der Waals surface area contributed by atoms with E-state index in [1.54, 1.807) is 17.3 Å². The van der Waals surface area contributed by atoms with Crippen molar-refractivity contribution in [2.45, 2.75) is 46.1 Å². The normalized spacial score (nSPS) is 11.6. The summed E-state index contributed by atoms with van der Waals surface area (Å²) >= 11 is 0. The van der Waals surface area contributed by atoms with Crippen LogP contribution in [-0.2, 0) is 11.3 Å². The first-order valence-corrected chi connectivity index (χ1v) is 7.03. The van der Waals surface area contributed by atoms with Gasteiger partial charge in [-0.3, -0.25) is 4.79 Å². The van der Waals surface area contributed by atoms with Crippen molar-refractivity contribution in [1.29, 1.82) is 0 Å². The number of hydrogen-bond donors (Lipinski definition) is 2. The van der Waals surface area contributed by atoms with E-state index in [1.165, 1.54) is 0 Å². The lowest BCUT2D eigenvalue weighted by Gasteiger charge is -2.34. The number of nitrogens with zero attached hydrogens (tertiary/aromatic N) is 2. The first-order chi connectivity index (χ1) is 9.09. The van der Waals surface area contributed by atoms with Gasteiger partial charge in [-0.05, 0) is 12.8 Å². The van der Waals surface area contributed by atoms with Crippen LogP contribution in [0.1, 0.15) is 45.4 Å². The van der Waals surface area contributed by atoms with E-state index in [1.807, 2.05) is 7.05 Å². The zero-order chi connectivity index (χ0) is 14.3. The molecule has 0 saturated carbocycles. The Morgan fingerprint density at radius 2 is 2.05 bits per heavy atom. The number of hydrogen-bond acceptors (Lipinski definition) is 3. The van der Waals surface area contributed by atoms with Gasteiger partial charge in [0.2, 0.25) is 5.91 Å². The molecule has 0 bridgehead atoms. The number of imidazole rings is 1. The molecule has 1 aromatic rings. The Bertz CT molecular complexity index is 369. The Balaban J connectivity index is 2.79. The van der Waals surface area contributed by atoms with Crippen LogP contribution < -0.4 is 5.73 Å². The van der Waals surface area contributed by atoms with Gasteiger partial charge in [0.15, 0.2) is 0 Å². The van der Waals surface area contributed by atoms with Gasteiger partial charge in [-0.25, -0.2) is 4.98 Å². The summed E-state index contributed by atoms with van der Waals surface area (Å²) in [6, 6.07) is 0. The maximum absolute atomic E-state index is 12.7. The summed E-state index contributed by atoms with van der Waals surface area (Å²) in [4.78, 5) is 21.6. The Kier molecular flexibility index (Phi) is 6.02. The highest BCUT2D eigenvalue weighted by Crippen LogP contribution is 2.31. The second-order valence-corrected chi connectivity index (χ2v) is 5.18. The quantitative estimate of drug-likeness (QED) is 0.754. The molecule has 0 aliphatic carbocycles. The molecule has 0 radical (unpaired) electrons. The van der Waals surface area contributed by atoms with E-state index in [4.69, 9.17) is 5.73 Å². The molecule has 19 heavy (non-hydrogen) atoms. The zero-order valence-electron chi connectivity index (χ0n) is 12.3. The van der Waals surface area contributed by atoms with Gasteiger partial charge in [-0.15, -0.1) is 0 Å². The molecule has 0 atom stereocenters. The van der Waals surface area contributed by atoms with Crippen molar-refractivity contribution in [2.75, 3.05) is 13.6 Å². The second-order valence-electron chi connectivity index (χ2n) is 5.18. The monoisotopic (exact) mass is 266 g/mol. The van der Waals surface area contributed by atoms with Crippen LogP contribution in [0.3, 0.4) is 0 Å². The largest absolute Gasteiger partial charge is 0.347 e. The SMILES string of the molecule is CCCC(CN)(CCC)C(=O)N(C)Cc1ncc[nH]1. The highest BCUT2D eigenvalue weighted by atomic mass is 16.2. The van der Waals surface area contributed by atoms with Crippen molar-refractivity contribution in [3.8, 4) is 0 Å². The highest BCUT2D eigenvalue weighted by Gasteiger charge is 2.37. The zero-order valence-corrected chi connectivity index (χ0v) is 12.3. The van der Waals surface area contributed by atoms with E-state index in [0.717, 1.165) is 31.5 Å². The molecular formula is C14H26N4O. The molecule has 0 aliphatic heterocycles. The average molecular weight is 266 g/mol. The topological polar surface area (TPSA) is 75.0 Å². The lowest BCUT2D eigenvalue weighted by Crippen LogP contribution is -2.46. The highest BCUT2D eigenvalue weighted by molar-refractivity contribution is 5.82. The van der Waals surface area contributed by atoms with Crippen LogP contribution in [0.4, 0.5) is 0 Å². The van der Waals surface area contributed by atoms with Crippen molar-refractivity contribution < 1.29 is 4.79 Å². The van der Waals surface area contributed by atoms with E-state index >= 15 is 0 Å². The molecule has 0 aliphatic rings. The van der Waals surface area contributed by atoms with Crippen LogP contribution in [0.25, 0.3) is 0 Å². The van der Waals surface area contributed by atoms with Crippen molar-refractivity contribution in [3.05, 3.63) is 18.2 Å². The number of carbonyl (C=O) groups is 1. The van der Waals surface area contributed by atoms with Gasteiger partial charge in [0, 0.05) is 26.0 Å². The number of aromatic nitrogens is 2. The number of nitrogens with one attached hydrogen (secondary N) is 1. The Labute approximate surface area is 115 Å². The van der Waals surface area contributed by atoms with Crippen molar-refractivity contribution in [2.24, 2.45) is 11.1 Å². The number of carbonyl (C=O) groups excluding carboxylic acids is 1. The third-order valence-electron chi connectivity index (χ3n) is 3.59. The Hall–Kier alpha value is -1.36. The molecule has 0 fully saturated rings. The lowest BCUT2D eigenvalue weighted by molar-refractivity contribution is -0.142.